The first-order chi connectivity index (χ1) is 14.0. The highest BCUT2D eigenvalue weighted by Crippen LogP contribution is 2.33. The highest BCUT2D eigenvalue weighted by atomic mass is 35.5. The first kappa shape index (κ1) is 19.1. The first-order valence-electron chi connectivity index (χ1n) is 8.56. The number of nitrogens with zero attached hydrogens (tertiary/aromatic N) is 3. The number of carbonyl (C=O) groups is 1. The molecule has 7 nitrogen and oxygen atoms in total. The van der Waals surface area contributed by atoms with Crippen molar-refractivity contribution in [3.63, 3.8) is 0 Å². The Morgan fingerprint density at radius 3 is 2.52 bits per heavy atom. The maximum atomic E-state index is 12.4. The Morgan fingerprint density at radius 2 is 1.83 bits per heavy atom. The number of anilines is 1. The summed E-state index contributed by atoms with van der Waals surface area (Å²) in [6, 6.07) is 14.0. The van der Waals surface area contributed by atoms with Crippen molar-refractivity contribution in [1.82, 2.24) is 15.1 Å². The van der Waals surface area contributed by atoms with Gasteiger partial charge in [-0.1, -0.05) is 28.1 Å². The molecule has 0 bridgehead atoms. The van der Waals surface area contributed by atoms with Gasteiger partial charge in [0.15, 0.2) is 5.13 Å². The van der Waals surface area contributed by atoms with E-state index in [4.69, 9.17) is 20.9 Å². The molecule has 0 aliphatic carbocycles. The predicted octanol–water partition coefficient (Wildman–Crippen LogP) is 5.08. The van der Waals surface area contributed by atoms with Gasteiger partial charge >= 0.3 is 0 Å². The Kier molecular flexibility index (Phi) is 5.28. The summed E-state index contributed by atoms with van der Waals surface area (Å²) >= 11 is 7.13. The third-order valence-electron chi connectivity index (χ3n) is 4.09. The van der Waals surface area contributed by atoms with Crippen molar-refractivity contribution in [2.24, 2.45) is 0 Å². The summed E-state index contributed by atoms with van der Waals surface area (Å²) in [5.41, 5.74) is 1.98. The standard InChI is InChI=1S/C20H15ClN4O3S/c1-11-16(19-23-17(25-28-19)12-5-9-15(27-2)10-6-12)29-20(22-11)24-18(26)13-3-7-14(21)8-4-13/h3-10H,1-2H3,(H,22,24,26). The second kappa shape index (κ2) is 8.02. The molecule has 146 valence electrons. The van der Waals surface area contributed by atoms with E-state index in [1.54, 1.807) is 31.4 Å². The molecule has 2 aromatic carbocycles. The quantitative estimate of drug-likeness (QED) is 0.478. The zero-order valence-corrected chi connectivity index (χ0v) is 17.0. The second-order valence-electron chi connectivity index (χ2n) is 6.05. The molecule has 4 rings (SSSR count). The molecule has 0 spiro atoms. The lowest BCUT2D eigenvalue weighted by Crippen LogP contribution is -2.11. The Hall–Kier alpha value is -3.23. The van der Waals surface area contributed by atoms with Gasteiger partial charge in [0.1, 0.15) is 10.6 Å². The monoisotopic (exact) mass is 426 g/mol. The number of benzene rings is 2. The van der Waals surface area contributed by atoms with Gasteiger partial charge in [0.05, 0.1) is 12.8 Å². The minimum absolute atomic E-state index is 0.272. The minimum Gasteiger partial charge on any atom is -0.497 e. The van der Waals surface area contributed by atoms with Crippen LogP contribution in [0.3, 0.4) is 0 Å². The molecule has 2 aromatic heterocycles. The summed E-state index contributed by atoms with van der Waals surface area (Å²) in [7, 11) is 1.61. The van der Waals surface area contributed by atoms with Crippen molar-refractivity contribution < 1.29 is 14.1 Å². The summed E-state index contributed by atoms with van der Waals surface area (Å²) < 4.78 is 10.6. The molecule has 0 radical (unpaired) electrons. The molecule has 0 aliphatic rings. The summed E-state index contributed by atoms with van der Waals surface area (Å²) in [6.45, 7) is 1.82. The van der Waals surface area contributed by atoms with E-state index in [9.17, 15) is 4.79 Å². The van der Waals surface area contributed by atoms with Crippen LogP contribution in [-0.2, 0) is 0 Å². The molecular weight excluding hydrogens is 412 g/mol. The van der Waals surface area contributed by atoms with Gasteiger partial charge in [-0.05, 0) is 55.5 Å². The minimum atomic E-state index is -0.272. The summed E-state index contributed by atoms with van der Waals surface area (Å²) in [5.74, 6) is 1.28. The number of ether oxygens (including phenoxy) is 1. The average Bonchev–Trinajstić information content (AvgIpc) is 3.35. The van der Waals surface area contributed by atoms with Gasteiger partial charge < -0.3 is 9.26 Å². The topological polar surface area (TPSA) is 90.1 Å². The molecule has 0 aliphatic heterocycles. The van der Waals surface area contributed by atoms with Gasteiger partial charge in [-0.3, -0.25) is 10.1 Å². The Labute approximate surface area is 175 Å². The van der Waals surface area contributed by atoms with Crippen LogP contribution in [0.1, 0.15) is 16.1 Å². The van der Waals surface area contributed by atoms with E-state index in [0.717, 1.165) is 11.3 Å². The van der Waals surface area contributed by atoms with Crippen LogP contribution in [0.2, 0.25) is 5.02 Å². The van der Waals surface area contributed by atoms with Crippen LogP contribution >= 0.6 is 22.9 Å². The van der Waals surface area contributed by atoms with Crippen LogP contribution in [0.15, 0.2) is 53.1 Å². The van der Waals surface area contributed by atoms with Crippen molar-refractivity contribution in [2.45, 2.75) is 6.92 Å². The van der Waals surface area contributed by atoms with Crippen LogP contribution < -0.4 is 10.1 Å². The third-order valence-corrected chi connectivity index (χ3v) is 5.40. The normalized spacial score (nSPS) is 10.7. The SMILES string of the molecule is COc1ccc(-c2noc(-c3sc(NC(=O)c4ccc(Cl)cc4)nc3C)n2)cc1. The molecule has 9 heteroatoms. The molecule has 0 unspecified atom stereocenters. The Morgan fingerprint density at radius 1 is 1.10 bits per heavy atom. The summed E-state index contributed by atoms with van der Waals surface area (Å²) in [4.78, 5) is 21.9. The second-order valence-corrected chi connectivity index (χ2v) is 7.48. The molecule has 0 saturated heterocycles. The molecule has 0 fully saturated rings. The number of rotatable bonds is 5. The number of aryl methyl sites for hydroxylation is 1. The van der Waals surface area contributed by atoms with E-state index in [-0.39, 0.29) is 5.91 Å². The molecule has 29 heavy (non-hydrogen) atoms. The number of hydrogen-bond donors (Lipinski definition) is 1. The Bertz CT molecular complexity index is 1150. The number of aromatic nitrogens is 3. The smallest absolute Gasteiger partial charge is 0.270 e. The molecular formula is C20H15ClN4O3S. The molecule has 0 saturated carbocycles. The van der Waals surface area contributed by atoms with Gasteiger partial charge in [-0.2, -0.15) is 4.98 Å². The van der Waals surface area contributed by atoms with E-state index < -0.39 is 0 Å². The highest BCUT2D eigenvalue weighted by Gasteiger charge is 2.18. The van der Waals surface area contributed by atoms with E-state index in [2.05, 4.69) is 20.4 Å². The first-order valence-corrected chi connectivity index (χ1v) is 9.76. The fourth-order valence-corrected chi connectivity index (χ4v) is 3.60. The lowest BCUT2D eigenvalue weighted by molar-refractivity contribution is 0.102. The zero-order valence-electron chi connectivity index (χ0n) is 15.5. The van der Waals surface area contributed by atoms with Gasteiger partial charge in [0, 0.05) is 16.1 Å². The van der Waals surface area contributed by atoms with E-state index in [0.29, 0.717) is 38.0 Å². The molecule has 1 N–H and O–H groups in total. The van der Waals surface area contributed by atoms with Crippen molar-refractivity contribution >= 4 is 34.0 Å². The molecule has 0 atom stereocenters. The van der Waals surface area contributed by atoms with E-state index >= 15 is 0 Å². The van der Waals surface area contributed by atoms with Crippen LogP contribution in [0.4, 0.5) is 5.13 Å². The van der Waals surface area contributed by atoms with E-state index in [1.165, 1.54) is 11.3 Å². The van der Waals surface area contributed by atoms with Gasteiger partial charge in [0.2, 0.25) is 5.82 Å². The maximum absolute atomic E-state index is 12.4. The highest BCUT2D eigenvalue weighted by molar-refractivity contribution is 7.19. The zero-order chi connectivity index (χ0) is 20.4. The van der Waals surface area contributed by atoms with Crippen LogP contribution in [0.5, 0.6) is 5.75 Å². The maximum Gasteiger partial charge on any atom is 0.270 e. The number of carbonyl (C=O) groups excluding carboxylic acids is 1. The average molecular weight is 427 g/mol. The van der Waals surface area contributed by atoms with Gasteiger partial charge in [-0.15, -0.1) is 0 Å². The Balaban J connectivity index is 1.54. The van der Waals surface area contributed by atoms with Crippen LogP contribution in [-0.4, -0.2) is 28.1 Å². The van der Waals surface area contributed by atoms with Gasteiger partial charge in [0.25, 0.3) is 11.8 Å². The predicted molar refractivity (Wildman–Crippen MR) is 112 cm³/mol. The fourth-order valence-electron chi connectivity index (χ4n) is 2.59. The lowest BCUT2D eigenvalue weighted by atomic mass is 10.2. The van der Waals surface area contributed by atoms with E-state index in [1.807, 2.05) is 31.2 Å². The number of nitrogens with one attached hydrogen (secondary N) is 1. The lowest BCUT2D eigenvalue weighted by Gasteiger charge is -2.01. The van der Waals surface area contributed by atoms with Crippen LogP contribution in [0, 0.1) is 6.92 Å². The fraction of sp³-hybridized carbons (Fsp3) is 0.100. The molecule has 2 heterocycles. The van der Waals surface area contributed by atoms with Crippen molar-refractivity contribution in [1.29, 1.82) is 0 Å². The summed E-state index contributed by atoms with van der Waals surface area (Å²) in [5, 5.41) is 7.83. The number of amides is 1. The van der Waals surface area contributed by atoms with Crippen LogP contribution in [0.25, 0.3) is 22.2 Å². The number of hydrogen-bond acceptors (Lipinski definition) is 7. The molecule has 1 amide bonds. The largest absolute Gasteiger partial charge is 0.497 e. The number of methoxy groups -OCH3 is 1. The van der Waals surface area contributed by atoms with Crippen molar-refractivity contribution in [3.05, 3.63) is 64.8 Å². The summed E-state index contributed by atoms with van der Waals surface area (Å²) in [6.07, 6.45) is 0. The molecule has 4 aromatic rings. The van der Waals surface area contributed by atoms with Gasteiger partial charge in [-0.25, -0.2) is 4.98 Å². The van der Waals surface area contributed by atoms with Crippen molar-refractivity contribution in [2.75, 3.05) is 12.4 Å². The number of halogens is 1. The van der Waals surface area contributed by atoms with Crippen molar-refractivity contribution in [3.8, 4) is 27.9 Å². The number of thiazole rings is 1. The third kappa shape index (κ3) is 4.13.